The zero-order valence-corrected chi connectivity index (χ0v) is 14.0. The van der Waals surface area contributed by atoms with E-state index in [0.717, 1.165) is 5.56 Å². The van der Waals surface area contributed by atoms with E-state index in [4.69, 9.17) is 16.3 Å². The third kappa shape index (κ3) is 4.87. The van der Waals surface area contributed by atoms with Gasteiger partial charge in [0, 0.05) is 23.2 Å². The summed E-state index contributed by atoms with van der Waals surface area (Å²) in [6.45, 7) is 4.16. The highest BCUT2D eigenvalue weighted by Gasteiger charge is 2.21. The summed E-state index contributed by atoms with van der Waals surface area (Å²) in [5.41, 5.74) is 0.896. The van der Waals surface area contributed by atoms with Gasteiger partial charge in [-0.15, -0.1) is 0 Å². The lowest BCUT2D eigenvalue weighted by molar-refractivity contribution is 0.336. The van der Waals surface area contributed by atoms with Gasteiger partial charge in [-0.1, -0.05) is 17.7 Å². The maximum Gasteiger partial charge on any atom is 0.155 e. The molecule has 21 heavy (non-hydrogen) atoms. The summed E-state index contributed by atoms with van der Waals surface area (Å²) < 4.78 is 29.2. The topological polar surface area (TPSA) is 55.4 Å². The first-order valence-corrected chi connectivity index (χ1v) is 9.34. The summed E-state index contributed by atoms with van der Waals surface area (Å²) in [6, 6.07) is 6.05. The molecule has 0 spiro atoms. The van der Waals surface area contributed by atoms with E-state index in [9.17, 15) is 8.42 Å². The molecule has 0 saturated heterocycles. The van der Waals surface area contributed by atoms with Gasteiger partial charge in [0.25, 0.3) is 0 Å². The predicted molar refractivity (Wildman–Crippen MR) is 85.7 cm³/mol. The first kappa shape index (κ1) is 16.6. The van der Waals surface area contributed by atoms with Gasteiger partial charge in [0.05, 0.1) is 11.0 Å². The minimum Gasteiger partial charge on any atom is -0.492 e. The molecule has 1 aromatic rings. The molecule has 0 heterocycles. The molecule has 1 N–H and O–H groups in total. The minimum atomic E-state index is -3.08. The zero-order valence-electron chi connectivity index (χ0n) is 12.4. The SMILES string of the molecule is CC(C)S(=O)(=O)CCOc1cccc(Cl)c1CNC1CC1. The summed E-state index contributed by atoms with van der Waals surface area (Å²) in [5.74, 6) is 0.682. The second kappa shape index (κ2) is 6.99. The van der Waals surface area contributed by atoms with Crippen molar-refractivity contribution in [2.75, 3.05) is 12.4 Å². The molecule has 0 aromatic heterocycles. The first-order valence-electron chi connectivity index (χ1n) is 7.25. The van der Waals surface area contributed by atoms with E-state index >= 15 is 0 Å². The number of halogens is 1. The number of hydrogen-bond donors (Lipinski definition) is 1. The smallest absolute Gasteiger partial charge is 0.155 e. The highest BCUT2D eigenvalue weighted by molar-refractivity contribution is 7.91. The summed E-state index contributed by atoms with van der Waals surface area (Å²) in [6.07, 6.45) is 2.40. The molecule has 4 nitrogen and oxygen atoms in total. The molecular weight excluding hydrogens is 310 g/mol. The number of hydrogen-bond acceptors (Lipinski definition) is 4. The monoisotopic (exact) mass is 331 g/mol. The van der Waals surface area contributed by atoms with Gasteiger partial charge in [-0.3, -0.25) is 0 Å². The van der Waals surface area contributed by atoms with Crippen LogP contribution in [0.2, 0.25) is 5.02 Å². The Morgan fingerprint density at radius 3 is 2.71 bits per heavy atom. The normalized spacial score (nSPS) is 15.4. The largest absolute Gasteiger partial charge is 0.492 e. The molecule has 2 rings (SSSR count). The Morgan fingerprint density at radius 1 is 1.38 bits per heavy atom. The number of ether oxygens (including phenoxy) is 1. The fourth-order valence-electron chi connectivity index (χ4n) is 1.88. The Kier molecular flexibility index (Phi) is 5.52. The van der Waals surface area contributed by atoms with Crippen LogP contribution in [0.5, 0.6) is 5.75 Å². The Balaban J connectivity index is 1.97. The molecule has 1 saturated carbocycles. The van der Waals surface area contributed by atoms with Crippen LogP contribution in [0, 0.1) is 0 Å². The van der Waals surface area contributed by atoms with E-state index in [1.807, 2.05) is 18.2 Å². The van der Waals surface area contributed by atoms with Crippen molar-refractivity contribution in [2.45, 2.75) is 44.5 Å². The molecule has 118 valence electrons. The van der Waals surface area contributed by atoms with Gasteiger partial charge < -0.3 is 10.1 Å². The summed E-state index contributed by atoms with van der Waals surface area (Å²) >= 11 is 6.21. The Labute approximate surface area is 131 Å². The second-order valence-corrected chi connectivity index (χ2v) is 8.72. The maximum atomic E-state index is 11.8. The number of benzene rings is 1. The van der Waals surface area contributed by atoms with E-state index in [-0.39, 0.29) is 17.6 Å². The molecule has 0 radical (unpaired) electrons. The van der Waals surface area contributed by atoms with Gasteiger partial charge in [-0.2, -0.15) is 0 Å². The fraction of sp³-hybridized carbons (Fsp3) is 0.600. The van der Waals surface area contributed by atoms with Crippen molar-refractivity contribution >= 4 is 21.4 Å². The maximum absolute atomic E-state index is 11.8. The van der Waals surface area contributed by atoms with E-state index in [1.165, 1.54) is 12.8 Å². The lowest BCUT2D eigenvalue weighted by Crippen LogP contribution is -2.22. The van der Waals surface area contributed by atoms with Crippen molar-refractivity contribution in [3.8, 4) is 5.75 Å². The van der Waals surface area contributed by atoms with Gasteiger partial charge in [-0.05, 0) is 38.8 Å². The number of nitrogens with one attached hydrogen (secondary N) is 1. The highest BCUT2D eigenvalue weighted by atomic mass is 35.5. The van der Waals surface area contributed by atoms with Crippen LogP contribution >= 0.6 is 11.6 Å². The minimum absolute atomic E-state index is 0.0205. The lowest BCUT2D eigenvalue weighted by Gasteiger charge is -2.14. The molecule has 1 aliphatic carbocycles. The Bertz CT molecular complexity index is 583. The van der Waals surface area contributed by atoms with Gasteiger partial charge >= 0.3 is 0 Å². The fourth-order valence-corrected chi connectivity index (χ4v) is 2.90. The summed E-state index contributed by atoms with van der Waals surface area (Å²) in [5, 5.41) is 3.66. The molecule has 0 amide bonds. The van der Waals surface area contributed by atoms with Gasteiger partial charge in [0.15, 0.2) is 9.84 Å². The number of rotatable bonds is 8. The molecule has 0 atom stereocenters. The van der Waals surface area contributed by atoms with Crippen molar-refractivity contribution in [3.05, 3.63) is 28.8 Å². The van der Waals surface area contributed by atoms with Crippen molar-refractivity contribution in [3.63, 3.8) is 0 Å². The molecule has 1 fully saturated rings. The first-order chi connectivity index (χ1) is 9.90. The molecule has 1 aromatic carbocycles. The van der Waals surface area contributed by atoms with Crippen LogP contribution in [0.1, 0.15) is 32.3 Å². The second-order valence-electron chi connectivity index (χ2n) is 5.64. The van der Waals surface area contributed by atoms with Crippen LogP contribution in [-0.4, -0.2) is 32.1 Å². The average molecular weight is 332 g/mol. The van der Waals surface area contributed by atoms with Crippen LogP contribution in [0.4, 0.5) is 0 Å². The van der Waals surface area contributed by atoms with Crippen LogP contribution in [-0.2, 0) is 16.4 Å². The van der Waals surface area contributed by atoms with Gasteiger partial charge in [0.2, 0.25) is 0 Å². The Hall–Kier alpha value is -0.780. The zero-order chi connectivity index (χ0) is 15.5. The van der Waals surface area contributed by atoms with Crippen LogP contribution in [0.15, 0.2) is 18.2 Å². The molecule has 6 heteroatoms. The van der Waals surface area contributed by atoms with Crippen molar-refractivity contribution in [1.82, 2.24) is 5.32 Å². The van der Waals surface area contributed by atoms with Crippen LogP contribution < -0.4 is 10.1 Å². The third-order valence-corrected chi connectivity index (χ3v) is 6.09. The highest BCUT2D eigenvalue weighted by Crippen LogP contribution is 2.28. The Morgan fingerprint density at radius 2 is 2.10 bits per heavy atom. The van der Waals surface area contributed by atoms with Crippen molar-refractivity contribution in [2.24, 2.45) is 0 Å². The molecule has 0 bridgehead atoms. The van der Waals surface area contributed by atoms with Gasteiger partial charge in [0.1, 0.15) is 12.4 Å². The molecule has 1 aliphatic rings. The molecular formula is C15H22ClNO3S. The molecule has 0 aliphatic heterocycles. The average Bonchev–Trinajstić information content (AvgIpc) is 3.21. The number of sulfone groups is 1. The van der Waals surface area contributed by atoms with E-state index < -0.39 is 9.84 Å². The van der Waals surface area contributed by atoms with Crippen molar-refractivity contribution < 1.29 is 13.2 Å². The van der Waals surface area contributed by atoms with Gasteiger partial charge in [-0.25, -0.2) is 8.42 Å². The molecule has 0 unspecified atom stereocenters. The van der Waals surface area contributed by atoms with Crippen LogP contribution in [0.25, 0.3) is 0 Å². The van der Waals surface area contributed by atoms with Crippen LogP contribution in [0.3, 0.4) is 0 Å². The summed E-state index contributed by atoms with van der Waals surface area (Å²) in [7, 11) is -3.08. The lowest BCUT2D eigenvalue weighted by atomic mass is 10.2. The van der Waals surface area contributed by atoms with E-state index in [0.29, 0.717) is 23.4 Å². The van der Waals surface area contributed by atoms with E-state index in [1.54, 1.807) is 13.8 Å². The van der Waals surface area contributed by atoms with Crippen molar-refractivity contribution in [1.29, 1.82) is 0 Å². The summed E-state index contributed by atoms with van der Waals surface area (Å²) in [4.78, 5) is 0. The van der Waals surface area contributed by atoms with E-state index in [2.05, 4.69) is 5.32 Å². The quantitative estimate of drug-likeness (QED) is 0.796. The standard InChI is InChI=1S/C15H22ClNO3S/c1-11(2)21(18,19)9-8-20-15-5-3-4-14(16)13(15)10-17-12-6-7-12/h3-5,11-12,17H,6-10H2,1-2H3. The third-order valence-electron chi connectivity index (χ3n) is 3.56. The predicted octanol–water partition coefficient (Wildman–Crippen LogP) is 2.79.